The fraction of sp³-hybridized carbons (Fsp3) is 0.143. The standard InChI is InChI=1S/C14H10BrCl2FO/c15-13-3-2-12(6-9(13)7-16)19-8-10-5-11(18)1-4-14(10)17/h1-6H,7-8H2. The summed E-state index contributed by atoms with van der Waals surface area (Å²) in [7, 11) is 0. The predicted molar refractivity (Wildman–Crippen MR) is 79.4 cm³/mol. The molecule has 0 radical (unpaired) electrons. The third kappa shape index (κ3) is 3.85. The van der Waals surface area contributed by atoms with E-state index in [2.05, 4.69) is 15.9 Å². The van der Waals surface area contributed by atoms with E-state index in [9.17, 15) is 4.39 Å². The summed E-state index contributed by atoms with van der Waals surface area (Å²) in [6, 6.07) is 9.71. The molecule has 0 spiro atoms. The quantitative estimate of drug-likeness (QED) is 0.646. The molecular weight excluding hydrogens is 354 g/mol. The van der Waals surface area contributed by atoms with Crippen LogP contribution in [-0.2, 0) is 12.5 Å². The van der Waals surface area contributed by atoms with Crippen molar-refractivity contribution >= 4 is 39.1 Å². The van der Waals surface area contributed by atoms with Gasteiger partial charge in [-0.3, -0.25) is 0 Å². The Morgan fingerprint density at radius 3 is 2.63 bits per heavy atom. The molecule has 0 aliphatic carbocycles. The highest BCUT2D eigenvalue weighted by atomic mass is 79.9. The third-order valence-electron chi connectivity index (χ3n) is 2.56. The molecule has 0 saturated carbocycles. The van der Waals surface area contributed by atoms with Crippen LogP contribution in [0.2, 0.25) is 5.02 Å². The summed E-state index contributed by atoms with van der Waals surface area (Å²) < 4.78 is 19.6. The summed E-state index contributed by atoms with van der Waals surface area (Å²) in [6.07, 6.45) is 0. The Balaban J connectivity index is 2.12. The monoisotopic (exact) mass is 362 g/mol. The second kappa shape index (κ2) is 6.60. The number of rotatable bonds is 4. The van der Waals surface area contributed by atoms with Crippen molar-refractivity contribution in [2.75, 3.05) is 0 Å². The van der Waals surface area contributed by atoms with Crippen molar-refractivity contribution in [2.24, 2.45) is 0 Å². The molecule has 5 heteroatoms. The van der Waals surface area contributed by atoms with Crippen LogP contribution < -0.4 is 4.74 Å². The van der Waals surface area contributed by atoms with Gasteiger partial charge in [0.2, 0.25) is 0 Å². The molecule has 2 aromatic rings. The van der Waals surface area contributed by atoms with E-state index in [1.54, 1.807) is 0 Å². The summed E-state index contributed by atoms with van der Waals surface area (Å²) in [6.45, 7) is 0.208. The Bertz CT molecular complexity index is 590. The smallest absolute Gasteiger partial charge is 0.123 e. The zero-order valence-corrected chi connectivity index (χ0v) is 12.9. The van der Waals surface area contributed by atoms with Gasteiger partial charge in [0.15, 0.2) is 0 Å². The Labute approximate surface area is 129 Å². The first-order valence-electron chi connectivity index (χ1n) is 5.51. The van der Waals surface area contributed by atoms with Gasteiger partial charge in [0, 0.05) is 20.9 Å². The summed E-state index contributed by atoms with van der Waals surface area (Å²) in [5.74, 6) is 0.720. The molecule has 0 N–H and O–H groups in total. The lowest BCUT2D eigenvalue weighted by atomic mass is 10.2. The molecule has 2 aromatic carbocycles. The van der Waals surface area contributed by atoms with Crippen molar-refractivity contribution in [3.8, 4) is 5.75 Å². The van der Waals surface area contributed by atoms with Crippen molar-refractivity contribution in [3.05, 3.63) is 62.8 Å². The molecule has 0 heterocycles. The number of alkyl halides is 1. The molecular formula is C14H10BrCl2FO. The van der Waals surface area contributed by atoms with E-state index in [0.29, 0.717) is 22.2 Å². The predicted octanol–water partition coefficient (Wildman–Crippen LogP) is 5.56. The first-order valence-corrected chi connectivity index (χ1v) is 7.22. The van der Waals surface area contributed by atoms with Gasteiger partial charge in [-0.2, -0.15) is 0 Å². The van der Waals surface area contributed by atoms with Gasteiger partial charge in [-0.05, 0) is 42.0 Å². The summed E-state index contributed by atoms with van der Waals surface area (Å²) in [5, 5.41) is 0.482. The molecule has 100 valence electrons. The van der Waals surface area contributed by atoms with Crippen LogP contribution in [-0.4, -0.2) is 0 Å². The highest BCUT2D eigenvalue weighted by molar-refractivity contribution is 9.10. The van der Waals surface area contributed by atoms with Gasteiger partial charge in [0.25, 0.3) is 0 Å². The average Bonchev–Trinajstić information content (AvgIpc) is 2.41. The van der Waals surface area contributed by atoms with Crippen LogP contribution in [0.1, 0.15) is 11.1 Å². The molecule has 0 fully saturated rings. The summed E-state index contributed by atoms with van der Waals surface area (Å²) in [5.41, 5.74) is 1.54. The number of ether oxygens (including phenoxy) is 1. The van der Waals surface area contributed by atoms with Crippen molar-refractivity contribution in [1.82, 2.24) is 0 Å². The van der Waals surface area contributed by atoms with Crippen LogP contribution in [0.4, 0.5) is 4.39 Å². The maximum atomic E-state index is 13.1. The van der Waals surface area contributed by atoms with Crippen LogP contribution in [0.3, 0.4) is 0 Å². The van der Waals surface area contributed by atoms with Crippen molar-refractivity contribution < 1.29 is 9.13 Å². The molecule has 0 aromatic heterocycles. The molecule has 0 atom stereocenters. The fourth-order valence-corrected chi connectivity index (χ4v) is 2.50. The van der Waals surface area contributed by atoms with Crippen LogP contribution in [0.5, 0.6) is 5.75 Å². The Morgan fingerprint density at radius 1 is 1.11 bits per heavy atom. The number of benzene rings is 2. The molecule has 0 aliphatic rings. The lowest BCUT2D eigenvalue weighted by Gasteiger charge is -2.09. The maximum Gasteiger partial charge on any atom is 0.123 e. The Morgan fingerprint density at radius 2 is 1.89 bits per heavy atom. The van der Waals surface area contributed by atoms with Gasteiger partial charge >= 0.3 is 0 Å². The van der Waals surface area contributed by atoms with Gasteiger partial charge in [-0.15, -0.1) is 11.6 Å². The van der Waals surface area contributed by atoms with Crippen LogP contribution in [0, 0.1) is 5.82 Å². The van der Waals surface area contributed by atoms with E-state index < -0.39 is 0 Å². The van der Waals surface area contributed by atoms with Gasteiger partial charge in [-0.25, -0.2) is 4.39 Å². The summed E-state index contributed by atoms with van der Waals surface area (Å²) in [4.78, 5) is 0. The minimum atomic E-state index is -0.333. The largest absolute Gasteiger partial charge is 0.489 e. The van der Waals surface area contributed by atoms with Gasteiger partial charge in [0.05, 0.1) is 0 Å². The van der Waals surface area contributed by atoms with E-state index in [1.807, 2.05) is 18.2 Å². The van der Waals surface area contributed by atoms with E-state index >= 15 is 0 Å². The average molecular weight is 364 g/mol. The maximum absolute atomic E-state index is 13.1. The van der Waals surface area contributed by atoms with E-state index in [1.165, 1.54) is 18.2 Å². The first kappa shape index (κ1) is 14.6. The molecule has 1 nitrogen and oxygen atoms in total. The third-order valence-corrected chi connectivity index (χ3v) is 3.99. The topological polar surface area (TPSA) is 9.23 Å². The molecule has 0 saturated heterocycles. The minimum Gasteiger partial charge on any atom is -0.489 e. The summed E-state index contributed by atoms with van der Waals surface area (Å²) >= 11 is 15.2. The highest BCUT2D eigenvalue weighted by Crippen LogP contribution is 2.25. The normalized spacial score (nSPS) is 10.5. The minimum absolute atomic E-state index is 0.208. The fourth-order valence-electron chi connectivity index (χ4n) is 1.56. The van der Waals surface area contributed by atoms with Crippen LogP contribution in [0.25, 0.3) is 0 Å². The van der Waals surface area contributed by atoms with Crippen LogP contribution >= 0.6 is 39.1 Å². The van der Waals surface area contributed by atoms with Crippen molar-refractivity contribution in [3.63, 3.8) is 0 Å². The van der Waals surface area contributed by atoms with E-state index in [-0.39, 0.29) is 12.4 Å². The van der Waals surface area contributed by atoms with Gasteiger partial charge in [0.1, 0.15) is 18.2 Å². The molecule has 0 amide bonds. The van der Waals surface area contributed by atoms with Gasteiger partial charge in [-0.1, -0.05) is 27.5 Å². The van der Waals surface area contributed by atoms with Crippen molar-refractivity contribution in [2.45, 2.75) is 12.5 Å². The molecule has 2 rings (SSSR count). The van der Waals surface area contributed by atoms with E-state index in [4.69, 9.17) is 27.9 Å². The molecule has 0 unspecified atom stereocenters. The Hall–Kier alpha value is -0.770. The first-order chi connectivity index (χ1) is 9.10. The van der Waals surface area contributed by atoms with Gasteiger partial charge < -0.3 is 4.74 Å². The van der Waals surface area contributed by atoms with Crippen molar-refractivity contribution in [1.29, 1.82) is 0 Å². The molecule has 0 aliphatic heterocycles. The zero-order valence-electron chi connectivity index (χ0n) is 9.80. The van der Waals surface area contributed by atoms with Crippen LogP contribution in [0.15, 0.2) is 40.9 Å². The lowest BCUT2D eigenvalue weighted by Crippen LogP contribution is -1.97. The SMILES string of the molecule is Fc1ccc(Cl)c(COc2ccc(Br)c(CCl)c2)c1. The zero-order chi connectivity index (χ0) is 13.8. The highest BCUT2D eigenvalue weighted by Gasteiger charge is 2.05. The number of hydrogen-bond donors (Lipinski definition) is 0. The Kier molecular flexibility index (Phi) is 5.08. The second-order valence-corrected chi connectivity index (χ2v) is 5.44. The second-order valence-electron chi connectivity index (χ2n) is 3.91. The van der Waals surface area contributed by atoms with E-state index in [0.717, 1.165) is 10.0 Å². The lowest BCUT2D eigenvalue weighted by molar-refractivity contribution is 0.305. The molecule has 0 bridgehead atoms. The number of hydrogen-bond acceptors (Lipinski definition) is 1. The number of halogens is 4. The molecule has 19 heavy (non-hydrogen) atoms.